The van der Waals surface area contributed by atoms with Crippen LogP contribution in [0.1, 0.15) is 41.8 Å². The highest BCUT2D eigenvalue weighted by Crippen LogP contribution is 2.35. The van der Waals surface area contributed by atoms with Crippen LogP contribution in [-0.2, 0) is 26.3 Å². The first-order valence-electron chi connectivity index (χ1n) is 12.4. The Morgan fingerprint density at radius 2 is 1.73 bits per heavy atom. The van der Waals surface area contributed by atoms with E-state index in [0.29, 0.717) is 38.2 Å². The van der Waals surface area contributed by atoms with Gasteiger partial charge in [-0.2, -0.15) is 0 Å². The van der Waals surface area contributed by atoms with Gasteiger partial charge in [0.05, 0.1) is 19.6 Å². The van der Waals surface area contributed by atoms with E-state index < -0.39 is 12.2 Å². The summed E-state index contributed by atoms with van der Waals surface area (Å²) in [5.41, 5.74) is 8.56. The second-order valence-electron chi connectivity index (χ2n) is 9.72. The van der Waals surface area contributed by atoms with Crippen molar-refractivity contribution in [3.8, 4) is 0 Å². The fourth-order valence-corrected chi connectivity index (χ4v) is 4.55. The Morgan fingerprint density at radius 3 is 2.35 bits per heavy atom. The molecule has 196 valence electrons. The van der Waals surface area contributed by atoms with Crippen LogP contribution in [0, 0.1) is 0 Å². The minimum absolute atomic E-state index is 0.0660. The fraction of sp³-hybridized carbons (Fsp3) is 0.407. The summed E-state index contributed by atoms with van der Waals surface area (Å²) in [5.74, 6) is -0.520. The van der Waals surface area contributed by atoms with Crippen molar-refractivity contribution < 1.29 is 23.9 Å². The van der Waals surface area contributed by atoms with Crippen molar-refractivity contribution in [3.63, 3.8) is 0 Å². The molecule has 2 fully saturated rings. The van der Waals surface area contributed by atoms with Crippen molar-refractivity contribution >= 4 is 29.5 Å². The zero-order chi connectivity index (χ0) is 26.6. The molecule has 2 saturated heterocycles. The smallest absolute Gasteiger partial charge is 0.414 e. The number of rotatable bonds is 9. The fourth-order valence-electron chi connectivity index (χ4n) is 4.55. The Labute approximate surface area is 216 Å². The van der Waals surface area contributed by atoms with Crippen LogP contribution in [0.5, 0.6) is 0 Å². The maximum Gasteiger partial charge on any atom is 0.414 e. The van der Waals surface area contributed by atoms with Gasteiger partial charge in [0.2, 0.25) is 11.8 Å². The summed E-state index contributed by atoms with van der Waals surface area (Å²) >= 11 is 0. The van der Waals surface area contributed by atoms with E-state index in [0.717, 1.165) is 16.8 Å². The van der Waals surface area contributed by atoms with Gasteiger partial charge in [-0.15, -0.1) is 0 Å². The molecule has 0 aliphatic carbocycles. The predicted molar refractivity (Wildman–Crippen MR) is 138 cm³/mol. The molecule has 4 N–H and O–H groups in total. The van der Waals surface area contributed by atoms with Crippen LogP contribution in [0.15, 0.2) is 48.5 Å². The SMILES string of the molecule is CCC(=O)NC[C@H]1CN(c2ccc(C3(C)CN(C(=O)CNC(=O)c4ccc(CN)cc4)C3)cc2)C(=O)O1. The second kappa shape index (κ2) is 11.0. The molecular weight excluding hydrogens is 474 g/mol. The lowest BCUT2D eigenvalue weighted by Crippen LogP contribution is -2.61. The van der Waals surface area contributed by atoms with Crippen LogP contribution in [0.25, 0.3) is 0 Å². The van der Waals surface area contributed by atoms with Gasteiger partial charge in [-0.3, -0.25) is 19.3 Å². The number of amides is 4. The lowest BCUT2D eigenvalue weighted by atomic mass is 9.75. The Kier molecular flexibility index (Phi) is 7.77. The van der Waals surface area contributed by atoms with Crippen molar-refractivity contribution in [2.24, 2.45) is 5.73 Å². The van der Waals surface area contributed by atoms with Gasteiger partial charge in [-0.05, 0) is 35.4 Å². The predicted octanol–water partition coefficient (Wildman–Crippen LogP) is 1.53. The van der Waals surface area contributed by atoms with Crippen molar-refractivity contribution in [1.82, 2.24) is 15.5 Å². The third-order valence-corrected chi connectivity index (χ3v) is 6.88. The lowest BCUT2D eigenvalue weighted by Gasteiger charge is -2.48. The summed E-state index contributed by atoms with van der Waals surface area (Å²) in [7, 11) is 0. The molecule has 10 heteroatoms. The van der Waals surface area contributed by atoms with E-state index in [4.69, 9.17) is 10.5 Å². The first-order valence-corrected chi connectivity index (χ1v) is 12.4. The van der Waals surface area contributed by atoms with E-state index >= 15 is 0 Å². The number of hydrogen-bond donors (Lipinski definition) is 3. The summed E-state index contributed by atoms with van der Waals surface area (Å²) < 4.78 is 5.37. The molecule has 10 nitrogen and oxygen atoms in total. The quantitative estimate of drug-likeness (QED) is 0.471. The number of ether oxygens (including phenoxy) is 1. The highest BCUT2D eigenvalue weighted by atomic mass is 16.6. The van der Waals surface area contributed by atoms with Gasteiger partial charge < -0.3 is 26.0 Å². The van der Waals surface area contributed by atoms with E-state index in [1.54, 1.807) is 41.0 Å². The molecule has 0 spiro atoms. The van der Waals surface area contributed by atoms with Crippen LogP contribution in [0.3, 0.4) is 0 Å². The number of cyclic esters (lactones) is 1. The first kappa shape index (κ1) is 26.2. The van der Waals surface area contributed by atoms with Crippen LogP contribution in [0.4, 0.5) is 10.5 Å². The van der Waals surface area contributed by atoms with Crippen LogP contribution in [0.2, 0.25) is 0 Å². The molecule has 0 radical (unpaired) electrons. The van der Waals surface area contributed by atoms with Gasteiger partial charge in [-0.25, -0.2) is 4.79 Å². The van der Waals surface area contributed by atoms with Gasteiger partial charge in [0.25, 0.3) is 5.91 Å². The molecule has 37 heavy (non-hydrogen) atoms. The molecule has 0 unspecified atom stereocenters. The average Bonchev–Trinajstić information content (AvgIpc) is 3.28. The Bertz CT molecular complexity index is 1160. The van der Waals surface area contributed by atoms with Gasteiger partial charge in [0, 0.05) is 42.7 Å². The molecule has 2 aliphatic rings. The van der Waals surface area contributed by atoms with Gasteiger partial charge in [-0.1, -0.05) is 38.1 Å². The normalized spacial score (nSPS) is 18.1. The summed E-state index contributed by atoms with van der Waals surface area (Å²) in [6.45, 7) is 5.92. The number of nitrogens with two attached hydrogens (primary N) is 1. The molecule has 2 aromatic carbocycles. The summed E-state index contributed by atoms with van der Waals surface area (Å²) in [5, 5.41) is 5.43. The first-order chi connectivity index (χ1) is 17.7. The van der Waals surface area contributed by atoms with Crippen molar-refractivity contribution in [1.29, 1.82) is 0 Å². The molecule has 4 rings (SSSR count). The Balaban J connectivity index is 1.26. The van der Waals surface area contributed by atoms with Crippen molar-refractivity contribution in [2.75, 3.05) is 37.6 Å². The average molecular weight is 508 g/mol. The minimum Gasteiger partial charge on any atom is -0.442 e. The zero-order valence-electron chi connectivity index (χ0n) is 21.2. The van der Waals surface area contributed by atoms with Crippen LogP contribution >= 0.6 is 0 Å². The number of nitrogens with one attached hydrogen (secondary N) is 2. The highest BCUT2D eigenvalue weighted by Gasteiger charge is 2.42. The monoisotopic (exact) mass is 507 g/mol. The maximum atomic E-state index is 12.6. The number of carbonyl (C=O) groups excluding carboxylic acids is 4. The van der Waals surface area contributed by atoms with Crippen molar-refractivity contribution in [3.05, 3.63) is 65.2 Å². The third kappa shape index (κ3) is 5.91. The molecule has 2 aromatic rings. The minimum atomic E-state index is -0.438. The molecule has 0 bridgehead atoms. The van der Waals surface area contributed by atoms with Crippen molar-refractivity contribution in [2.45, 2.75) is 38.3 Å². The van der Waals surface area contributed by atoms with Crippen LogP contribution < -0.4 is 21.3 Å². The summed E-state index contributed by atoms with van der Waals surface area (Å²) in [4.78, 5) is 52.0. The zero-order valence-corrected chi connectivity index (χ0v) is 21.2. The van der Waals surface area contributed by atoms with Crippen LogP contribution in [-0.4, -0.2) is 67.5 Å². The summed E-state index contributed by atoms with van der Waals surface area (Å²) in [6.07, 6.45) is -0.448. The molecule has 0 saturated carbocycles. The Hall–Kier alpha value is -3.92. The molecule has 1 atom stereocenters. The van der Waals surface area contributed by atoms with Gasteiger partial charge in [0.15, 0.2) is 0 Å². The largest absolute Gasteiger partial charge is 0.442 e. The molecule has 4 amide bonds. The van der Waals surface area contributed by atoms with E-state index in [1.165, 1.54) is 0 Å². The number of likely N-dealkylation sites (tertiary alicyclic amines) is 1. The topological polar surface area (TPSA) is 134 Å². The van der Waals surface area contributed by atoms with E-state index in [-0.39, 0.29) is 36.2 Å². The lowest BCUT2D eigenvalue weighted by molar-refractivity contribution is -0.137. The third-order valence-electron chi connectivity index (χ3n) is 6.88. The van der Waals surface area contributed by atoms with Gasteiger partial charge in [0.1, 0.15) is 6.10 Å². The van der Waals surface area contributed by atoms with Gasteiger partial charge >= 0.3 is 6.09 Å². The number of hydrogen-bond acceptors (Lipinski definition) is 6. The second-order valence-corrected chi connectivity index (χ2v) is 9.72. The van der Waals surface area contributed by atoms with E-state index in [9.17, 15) is 19.2 Å². The number of benzene rings is 2. The molecular formula is C27H33N5O5. The standard InChI is InChI=1S/C27H33N5O5/c1-3-23(33)29-13-22-15-32(26(36)37-22)21-10-8-20(9-11-21)27(2)16-31(17-27)24(34)14-30-25(35)19-6-4-18(12-28)5-7-19/h4-11,22H,3,12-17,28H2,1-2H3,(H,29,33)(H,30,35)/t22-/m0/s1. The number of carbonyl (C=O) groups is 4. The highest BCUT2D eigenvalue weighted by molar-refractivity contribution is 5.96. The maximum absolute atomic E-state index is 12.6. The molecule has 2 aliphatic heterocycles. The van der Waals surface area contributed by atoms with E-state index in [2.05, 4.69) is 17.6 Å². The van der Waals surface area contributed by atoms with E-state index in [1.807, 2.05) is 24.3 Å². The summed E-state index contributed by atoms with van der Waals surface area (Å²) in [6, 6.07) is 14.6. The molecule has 0 aromatic heterocycles. The molecule has 2 heterocycles. The number of anilines is 1. The Morgan fingerprint density at radius 1 is 1.05 bits per heavy atom. The number of nitrogens with zero attached hydrogens (tertiary/aromatic N) is 2.